The van der Waals surface area contributed by atoms with Crippen LogP contribution in [0, 0.1) is 0 Å². The molecular formula is C20H24N2O. The third-order valence-electron chi connectivity index (χ3n) is 4.37. The van der Waals surface area contributed by atoms with Gasteiger partial charge in [0.05, 0.1) is 0 Å². The normalized spacial score (nSPS) is 14.4. The molecule has 0 aliphatic heterocycles. The Morgan fingerprint density at radius 2 is 1.52 bits per heavy atom. The van der Waals surface area contributed by atoms with Crippen LogP contribution in [0.15, 0.2) is 48.5 Å². The van der Waals surface area contributed by atoms with Crippen LogP contribution in [0.5, 0.6) is 0 Å². The first-order valence-electron chi connectivity index (χ1n) is 8.17. The minimum Gasteiger partial charge on any atom is -0.334 e. The first-order chi connectivity index (χ1) is 10.9. The van der Waals surface area contributed by atoms with Crippen molar-refractivity contribution in [2.45, 2.75) is 45.1 Å². The molecule has 0 atom stereocenters. The second-order valence-electron chi connectivity index (χ2n) is 7.27. The summed E-state index contributed by atoms with van der Waals surface area (Å²) in [5.41, 5.74) is 4.70. The highest BCUT2D eigenvalue weighted by Gasteiger charge is 2.23. The van der Waals surface area contributed by atoms with Gasteiger partial charge in [0.1, 0.15) is 0 Å². The predicted octanol–water partition coefficient (Wildman–Crippen LogP) is 4.27. The number of fused-ring (bicyclic) bond motifs is 1. The van der Waals surface area contributed by atoms with Gasteiger partial charge >= 0.3 is 6.03 Å². The van der Waals surface area contributed by atoms with Gasteiger partial charge in [0.15, 0.2) is 0 Å². The lowest BCUT2D eigenvalue weighted by Crippen LogP contribution is -2.38. The van der Waals surface area contributed by atoms with Crippen molar-refractivity contribution >= 4 is 11.7 Å². The van der Waals surface area contributed by atoms with Crippen LogP contribution < -0.4 is 10.6 Å². The maximum Gasteiger partial charge on any atom is 0.319 e. The van der Waals surface area contributed by atoms with E-state index in [9.17, 15) is 4.79 Å². The molecule has 0 heterocycles. The summed E-state index contributed by atoms with van der Waals surface area (Å²) < 4.78 is 0. The predicted molar refractivity (Wildman–Crippen MR) is 94.9 cm³/mol. The van der Waals surface area contributed by atoms with Gasteiger partial charge in [0, 0.05) is 11.7 Å². The molecule has 1 aliphatic carbocycles. The van der Waals surface area contributed by atoms with E-state index < -0.39 is 0 Å². The van der Waals surface area contributed by atoms with Crippen molar-refractivity contribution in [3.63, 3.8) is 0 Å². The highest BCUT2D eigenvalue weighted by molar-refractivity contribution is 5.90. The van der Waals surface area contributed by atoms with E-state index in [0.717, 1.165) is 24.1 Å². The maximum absolute atomic E-state index is 12.4. The summed E-state index contributed by atoms with van der Waals surface area (Å²) in [6.45, 7) is 6.46. The van der Waals surface area contributed by atoms with E-state index in [1.165, 1.54) is 11.1 Å². The Kier molecular flexibility index (Phi) is 4.12. The fourth-order valence-corrected chi connectivity index (χ4v) is 3.25. The summed E-state index contributed by atoms with van der Waals surface area (Å²) in [6.07, 6.45) is 1.81. The first kappa shape index (κ1) is 15.6. The molecule has 3 rings (SSSR count). The Balaban J connectivity index is 1.66. The van der Waals surface area contributed by atoms with Gasteiger partial charge in [0.25, 0.3) is 0 Å². The number of rotatable bonds is 2. The zero-order chi connectivity index (χ0) is 16.4. The van der Waals surface area contributed by atoms with Crippen molar-refractivity contribution in [1.29, 1.82) is 0 Å². The van der Waals surface area contributed by atoms with Gasteiger partial charge in [-0.1, -0.05) is 63.2 Å². The molecule has 120 valence electrons. The highest BCUT2D eigenvalue weighted by atomic mass is 16.2. The van der Waals surface area contributed by atoms with Gasteiger partial charge in [-0.25, -0.2) is 4.79 Å². The number of urea groups is 1. The van der Waals surface area contributed by atoms with Crippen molar-refractivity contribution in [3.8, 4) is 0 Å². The number of amides is 2. The summed E-state index contributed by atoms with van der Waals surface area (Å²) in [5, 5.41) is 6.12. The monoisotopic (exact) mass is 308 g/mol. The molecule has 3 heteroatoms. The summed E-state index contributed by atoms with van der Waals surface area (Å²) in [4.78, 5) is 12.4. The summed E-state index contributed by atoms with van der Waals surface area (Å²) in [6, 6.07) is 16.4. The van der Waals surface area contributed by atoms with Crippen LogP contribution in [0.1, 0.15) is 37.5 Å². The molecule has 3 nitrogen and oxygen atoms in total. The fourth-order valence-electron chi connectivity index (χ4n) is 3.25. The second kappa shape index (κ2) is 6.07. The summed E-state index contributed by atoms with van der Waals surface area (Å²) >= 11 is 0. The molecule has 2 aromatic rings. The number of nitrogens with one attached hydrogen (secondary N) is 2. The summed E-state index contributed by atoms with van der Waals surface area (Å²) in [7, 11) is 0. The van der Waals surface area contributed by atoms with Crippen LogP contribution in [0.4, 0.5) is 10.5 Å². The van der Waals surface area contributed by atoms with Gasteiger partial charge < -0.3 is 10.6 Å². The molecule has 2 N–H and O–H groups in total. The maximum atomic E-state index is 12.4. The second-order valence-corrected chi connectivity index (χ2v) is 7.27. The van der Waals surface area contributed by atoms with Gasteiger partial charge in [-0.2, -0.15) is 0 Å². The van der Waals surface area contributed by atoms with Crippen LogP contribution >= 0.6 is 0 Å². The molecule has 1 aliphatic rings. The zero-order valence-corrected chi connectivity index (χ0v) is 14.0. The van der Waals surface area contributed by atoms with E-state index in [1.54, 1.807) is 0 Å². The SMILES string of the molecule is CC(C)(C)c1ccccc1NC(=O)NC1Cc2ccccc2C1. The average Bonchev–Trinajstić information content (AvgIpc) is 2.88. The first-order valence-corrected chi connectivity index (χ1v) is 8.17. The molecule has 0 radical (unpaired) electrons. The Bertz CT molecular complexity index is 691. The molecule has 0 fully saturated rings. The molecule has 0 saturated heterocycles. The topological polar surface area (TPSA) is 41.1 Å². The number of anilines is 1. The molecule has 23 heavy (non-hydrogen) atoms. The Morgan fingerprint density at radius 1 is 0.957 bits per heavy atom. The largest absolute Gasteiger partial charge is 0.334 e. The highest BCUT2D eigenvalue weighted by Crippen LogP contribution is 2.29. The molecule has 0 bridgehead atoms. The molecule has 0 unspecified atom stereocenters. The van der Waals surface area contributed by atoms with Gasteiger partial charge in [-0.05, 0) is 41.0 Å². The van der Waals surface area contributed by atoms with E-state index in [1.807, 2.05) is 18.2 Å². The van der Waals surface area contributed by atoms with Crippen LogP contribution in [-0.4, -0.2) is 12.1 Å². The molecule has 0 aromatic heterocycles. The summed E-state index contributed by atoms with van der Waals surface area (Å²) in [5.74, 6) is 0. The molecular weight excluding hydrogens is 284 g/mol. The van der Waals surface area contributed by atoms with E-state index in [0.29, 0.717) is 0 Å². The van der Waals surface area contributed by atoms with Crippen molar-refractivity contribution in [1.82, 2.24) is 5.32 Å². The van der Waals surface area contributed by atoms with E-state index in [-0.39, 0.29) is 17.5 Å². The third kappa shape index (κ3) is 3.55. The van der Waals surface area contributed by atoms with Gasteiger partial charge in [-0.3, -0.25) is 0 Å². The lowest BCUT2D eigenvalue weighted by Gasteiger charge is -2.23. The van der Waals surface area contributed by atoms with E-state index in [4.69, 9.17) is 0 Å². The van der Waals surface area contributed by atoms with Crippen molar-refractivity contribution in [2.24, 2.45) is 0 Å². The molecule has 2 aromatic carbocycles. The van der Waals surface area contributed by atoms with E-state index >= 15 is 0 Å². The van der Waals surface area contributed by atoms with Crippen molar-refractivity contribution in [2.75, 3.05) is 5.32 Å². The number of carbonyl (C=O) groups excluding carboxylic acids is 1. The minimum atomic E-state index is -0.125. The van der Waals surface area contributed by atoms with Gasteiger partial charge in [0.2, 0.25) is 0 Å². The molecule has 0 spiro atoms. The fraction of sp³-hybridized carbons (Fsp3) is 0.350. The molecule has 0 saturated carbocycles. The third-order valence-corrected chi connectivity index (χ3v) is 4.37. The quantitative estimate of drug-likeness (QED) is 0.854. The number of hydrogen-bond acceptors (Lipinski definition) is 1. The lowest BCUT2D eigenvalue weighted by atomic mass is 9.86. The smallest absolute Gasteiger partial charge is 0.319 e. The van der Waals surface area contributed by atoms with E-state index in [2.05, 4.69) is 61.7 Å². The average molecular weight is 308 g/mol. The number of hydrogen-bond donors (Lipinski definition) is 2. The Labute approximate surface area is 138 Å². The number of para-hydroxylation sites is 1. The minimum absolute atomic E-state index is 0.00648. The van der Waals surface area contributed by atoms with Gasteiger partial charge in [-0.15, -0.1) is 0 Å². The van der Waals surface area contributed by atoms with Crippen molar-refractivity contribution < 1.29 is 4.79 Å². The Morgan fingerprint density at radius 3 is 2.13 bits per heavy atom. The zero-order valence-electron chi connectivity index (χ0n) is 14.0. The Hall–Kier alpha value is -2.29. The van der Waals surface area contributed by atoms with Crippen LogP contribution in [0.3, 0.4) is 0 Å². The van der Waals surface area contributed by atoms with Crippen molar-refractivity contribution in [3.05, 3.63) is 65.2 Å². The van der Waals surface area contributed by atoms with Crippen LogP contribution in [0.25, 0.3) is 0 Å². The lowest BCUT2D eigenvalue weighted by molar-refractivity contribution is 0.248. The number of carbonyl (C=O) groups is 1. The number of benzene rings is 2. The molecule has 2 amide bonds. The van der Waals surface area contributed by atoms with Crippen LogP contribution in [0.2, 0.25) is 0 Å². The standard InChI is InChI=1S/C20H24N2O/c1-20(2,3)17-10-6-7-11-18(17)22-19(23)21-16-12-14-8-4-5-9-15(14)13-16/h4-11,16H,12-13H2,1-3H3,(H2,21,22,23). The van der Waals surface area contributed by atoms with Crippen LogP contribution in [-0.2, 0) is 18.3 Å².